The first-order valence-electron chi connectivity index (χ1n) is 16.9. The summed E-state index contributed by atoms with van der Waals surface area (Å²) in [5.41, 5.74) is 12.4. The van der Waals surface area contributed by atoms with Gasteiger partial charge in [0, 0.05) is 28.0 Å². The van der Waals surface area contributed by atoms with Crippen molar-refractivity contribution in [1.29, 1.82) is 0 Å². The van der Waals surface area contributed by atoms with Gasteiger partial charge in [-0.1, -0.05) is 152 Å². The number of nitrogens with zero attached hydrogens (tertiary/aromatic N) is 4. The van der Waals surface area contributed by atoms with Crippen LogP contribution in [0.15, 0.2) is 182 Å². The van der Waals surface area contributed by atoms with Crippen molar-refractivity contribution >= 4 is 27.5 Å². The molecule has 9 aromatic rings. The highest BCUT2D eigenvalue weighted by Gasteiger charge is 2.18. The van der Waals surface area contributed by atoms with Crippen molar-refractivity contribution in [1.82, 2.24) is 14.5 Å². The maximum absolute atomic E-state index is 7.28. The van der Waals surface area contributed by atoms with Gasteiger partial charge in [-0.15, -0.1) is 0 Å². The first-order chi connectivity index (χ1) is 25.2. The third kappa shape index (κ3) is 5.63. The first-order valence-corrected chi connectivity index (χ1v) is 16.9. The highest BCUT2D eigenvalue weighted by Crippen LogP contribution is 2.38. The Bertz CT molecular complexity index is 2610. The summed E-state index contributed by atoms with van der Waals surface area (Å²) in [6.45, 7) is 7.28. The molecule has 51 heavy (non-hydrogen) atoms. The molecule has 0 amide bonds. The average Bonchev–Trinajstić information content (AvgIpc) is 3.55. The summed E-state index contributed by atoms with van der Waals surface area (Å²) in [4.78, 5) is 13.9. The molecule has 0 atom stereocenters. The molecule has 0 radical (unpaired) electrons. The van der Waals surface area contributed by atoms with Gasteiger partial charge in [0.1, 0.15) is 5.82 Å². The van der Waals surface area contributed by atoms with Crippen molar-refractivity contribution in [3.8, 4) is 61.8 Å². The monoisotopic (exact) mass is 650 g/mol. The maximum atomic E-state index is 7.28. The van der Waals surface area contributed by atoms with Crippen molar-refractivity contribution in [2.45, 2.75) is 0 Å². The van der Waals surface area contributed by atoms with Gasteiger partial charge in [0.05, 0.1) is 23.3 Å². The Balaban J connectivity index is 1.25. The molecule has 9 rings (SSSR count). The smallest absolute Gasteiger partial charge is 0.187 e. The van der Waals surface area contributed by atoms with Crippen LogP contribution in [0, 0.1) is 6.57 Å². The van der Waals surface area contributed by atoms with E-state index in [-0.39, 0.29) is 0 Å². The molecule has 4 heteroatoms. The quantitative estimate of drug-likeness (QED) is 0.168. The fourth-order valence-corrected chi connectivity index (χ4v) is 6.87. The van der Waals surface area contributed by atoms with Gasteiger partial charge >= 0.3 is 0 Å². The summed E-state index contributed by atoms with van der Waals surface area (Å²) >= 11 is 0. The Morgan fingerprint density at radius 3 is 1.33 bits per heavy atom. The van der Waals surface area contributed by atoms with Crippen LogP contribution >= 0.6 is 0 Å². The van der Waals surface area contributed by atoms with Crippen LogP contribution < -0.4 is 0 Å². The van der Waals surface area contributed by atoms with E-state index < -0.39 is 0 Å². The van der Waals surface area contributed by atoms with E-state index in [9.17, 15) is 0 Å². The molecule has 0 spiro atoms. The Labute approximate surface area is 296 Å². The van der Waals surface area contributed by atoms with Crippen molar-refractivity contribution in [2.24, 2.45) is 0 Å². The lowest BCUT2D eigenvalue weighted by Crippen LogP contribution is -2.02. The lowest BCUT2D eigenvalue weighted by atomic mass is 10.0. The van der Waals surface area contributed by atoms with Gasteiger partial charge in [-0.05, 0) is 57.6 Å². The zero-order valence-electron chi connectivity index (χ0n) is 27.6. The van der Waals surface area contributed by atoms with Crippen molar-refractivity contribution < 1.29 is 0 Å². The van der Waals surface area contributed by atoms with Crippen LogP contribution in [0.25, 0.3) is 88.5 Å². The molecule has 2 heterocycles. The van der Waals surface area contributed by atoms with E-state index in [2.05, 4.69) is 149 Å². The molecular formula is C47H30N4. The Hall–Kier alpha value is -7.09. The number of aromatic nitrogens is 3. The maximum Gasteiger partial charge on any atom is 0.187 e. The predicted molar refractivity (Wildman–Crippen MR) is 210 cm³/mol. The summed E-state index contributed by atoms with van der Waals surface area (Å²) in [5, 5.41) is 2.33. The zero-order chi connectivity index (χ0) is 34.1. The molecule has 238 valence electrons. The van der Waals surface area contributed by atoms with E-state index in [1.165, 1.54) is 33.0 Å². The number of fused-ring (bicyclic) bond motifs is 3. The van der Waals surface area contributed by atoms with Crippen LogP contribution in [0.2, 0.25) is 0 Å². The topological polar surface area (TPSA) is 35.1 Å². The standard InChI is InChI=1S/C47H30N4/c1-48-40-25-21-35(22-26-40)34-17-19-36(20-18-34)43-31-46(50-47(49-43)37-15-9-4-10-16-37)51-44-27-23-38(32-11-5-2-6-12-32)29-41(44)42-30-39(24-28-45(42)51)33-13-7-3-8-14-33/h2-31H. The summed E-state index contributed by atoms with van der Waals surface area (Å²) in [5.74, 6) is 1.47. The largest absolute Gasteiger partial charge is 0.294 e. The second kappa shape index (κ2) is 12.7. The van der Waals surface area contributed by atoms with Crippen LogP contribution in [-0.4, -0.2) is 14.5 Å². The van der Waals surface area contributed by atoms with Crippen LogP contribution in [0.4, 0.5) is 5.69 Å². The average molecular weight is 651 g/mol. The second-order valence-electron chi connectivity index (χ2n) is 12.6. The van der Waals surface area contributed by atoms with Gasteiger partial charge in [0.25, 0.3) is 0 Å². The lowest BCUT2D eigenvalue weighted by molar-refractivity contribution is 1.05. The van der Waals surface area contributed by atoms with Crippen LogP contribution in [-0.2, 0) is 0 Å². The molecule has 0 fully saturated rings. The molecule has 0 N–H and O–H groups in total. The van der Waals surface area contributed by atoms with Crippen molar-refractivity contribution in [2.75, 3.05) is 0 Å². The van der Waals surface area contributed by atoms with Crippen LogP contribution in [0.1, 0.15) is 0 Å². The molecule has 2 aromatic heterocycles. The van der Waals surface area contributed by atoms with Crippen molar-refractivity contribution in [3.63, 3.8) is 0 Å². The molecule has 0 bridgehead atoms. The summed E-state index contributed by atoms with van der Waals surface area (Å²) in [7, 11) is 0. The van der Waals surface area contributed by atoms with E-state index in [1.54, 1.807) is 0 Å². The van der Waals surface area contributed by atoms with E-state index in [1.807, 2.05) is 42.5 Å². The molecule has 0 saturated heterocycles. The van der Waals surface area contributed by atoms with E-state index in [4.69, 9.17) is 16.5 Å². The molecule has 0 aliphatic heterocycles. The van der Waals surface area contributed by atoms with Crippen LogP contribution in [0.3, 0.4) is 0 Å². The fraction of sp³-hybridized carbons (Fsp3) is 0. The molecule has 0 aliphatic rings. The Morgan fingerprint density at radius 2 is 0.824 bits per heavy atom. The minimum atomic E-state index is 0.634. The van der Waals surface area contributed by atoms with Crippen LogP contribution in [0.5, 0.6) is 0 Å². The van der Waals surface area contributed by atoms with Crippen molar-refractivity contribution in [3.05, 3.63) is 193 Å². The minimum absolute atomic E-state index is 0.634. The normalized spacial score (nSPS) is 11.1. The van der Waals surface area contributed by atoms with E-state index in [0.717, 1.165) is 44.8 Å². The third-order valence-corrected chi connectivity index (χ3v) is 9.46. The molecule has 4 nitrogen and oxygen atoms in total. The number of rotatable bonds is 6. The lowest BCUT2D eigenvalue weighted by Gasteiger charge is -2.13. The zero-order valence-corrected chi connectivity index (χ0v) is 27.6. The SMILES string of the molecule is [C-]#[N+]c1ccc(-c2ccc(-c3cc(-n4c5ccc(-c6ccccc6)cc5c5cc(-c6ccccc6)ccc54)nc(-c4ccccc4)n3)cc2)cc1. The van der Waals surface area contributed by atoms with E-state index in [0.29, 0.717) is 11.5 Å². The number of hydrogen-bond donors (Lipinski definition) is 0. The number of benzene rings is 7. The summed E-state index contributed by atoms with van der Waals surface area (Å²) in [6, 6.07) is 63.0. The van der Waals surface area contributed by atoms with Gasteiger partial charge in [-0.3, -0.25) is 4.57 Å². The molecule has 0 aliphatic carbocycles. The first kappa shape index (κ1) is 30.0. The summed E-state index contributed by atoms with van der Waals surface area (Å²) in [6.07, 6.45) is 0. The van der Waals surface area contributed by atoms with Gasteiger partial charge in [-0.2, -0.15) is 0 Å². The second-order valence-corrected chi connectivity index (χ2v) is 12.6. The van der Waals surface area contributed by atoms with Gasteiger partial charge in [0.2, 0.25) is 0 Å². The fourth-order valence-electron chi connectivity index (χ4n) is 6.87. The predicted octanol–water partition coefficient (Wildman–Crippen LogP) is 12.5. The molecule has 0 saturated carbocycles. The number of hydrogen-bond acceptors (Lipinski definition) is 2. The van der Waals surface area contributed by atoms with Gasteiger partial charge in [0.15, 0.2) is 11.5 Å². The third-order valence-electron chi connectivity index (χ3n) is 9.46. The van der Waals surface area contributed by atoms with Gasteiger partial charge < -0.3 is 0 Å². The Morgan fingerprint density at radius 1 is 0.392 bits per heavy atom. The van der Waals surface area contributed by atoms with Gasteiger partial charge in [-0.25, -0.2) is 14.8 Å². The summed E-state index contributed by atoms with van der Waals surface area (Å²) < 4.78 is 2.28. The molecular weight excluding hydrogens is 621 g/mol. The highest BCUT2D eigenvalue weighted by atomic mass is 15.1. The molecule has 0 unspecified atom stereocenters. The highest BCUT2D eigenvalue weighted by molar-refractivity contribution is 6.11. The Kier molecular flexibility index (Phi) is 7.50. The van der Waals surface area contributed by atoms with E-state index >= 15 is 0 Å². The molecule has 7 aromatic carbocycles. The minimum Gasteiger partial charge on any atom is -0.294 e.